The molecule has 0 radical (unpaired) electrons. The van der Waals surface area contributed by atoms with Gasteiger partial charge < -0.3 is 25.4 Å². The molecule has 0 bridgehead atoms. The number of likely N-dealkylation sites (tertiary alicyclic amines) is 1. The van der Waals surface area contributed by atoms with E-state index in [9.17, 15) is 4.79 Å². The van der Waals surface area contributed by atoms with Crippen molar-refractivity contribution in [3.8, 4) is 11.3 Å². The topological polar surface area (TPSA) is 94.1 Å². The Balaban J connectivity index is 1.33. The summed E-state index contributed by atoms with van der Waals surface area (Å²) in [5.74, 6) is 1.54. The minimum atomic E-state index is -0.0341. The number of piperidine rings is 1. The van der Waals surface area contributed by atoms with Gasteiger partial charge in [0.05, 0.1) is 11.3 Å². The number of fused-ring (bicyclic) bond motifs is 1. The number of hydrogen-bond acceptors (Lipinski definition) is 7. The first-order valence-corrected chi connectivity index (χ1v) is 14.9. The Morgan fingerprint density at radius 2 is 1.98 bits per heavy atom. The Morgan fingerprint density at radius 3 is 2.68 bits per heavy atom. The first-order chi connectivity index (χ1) is 19.9. The van der Waals surface area contributed by atoms with E-state index in [2.05, 4.69) is 74.8 Å². The number of pyridine rings is 1. The van der Waals surface area contributed by atoms with E-state index >= 15 is 0 Å². The van der Waals surface area contributed by atoms with Crippen LogP contribution in [0.25, 0.3) is 22.3 Å². The molecule has 3 aromatic heterocycles. The van der Waals surface area contributed by atoms with Gasteiger partial charge >= 0.3 is 0 Å². The zero-order valence-corrected chi connectivity index (χ0v) is 24.7. The van der Waals surface area contributed by atoms with Crippen LogP contribution in [0.2, 0.25) is 0 Å². The van der Waals surface area contributed by atoms with Crippen molar-refractivity contribution in [2.24, 2.45) is 0 Å². The Bertz CT molecular complexity index is 1570. The third-order valence-electron chi connectivity index (χ3n) is 8.81. The molecule has 5 heterocycles. The van der Waals surface area contributed by atoms with Crippen LogP contribution in [0, 0.1) is 6.92 Å². The summed E-state index contributed by atoms with van der Waals surface area (Å²) >= 11 is 0. The van der Waals surface area contributed by atoms with Crippen LogP contribution in [0.15, 0.2) is 47.5 Å². The number of H-pyrrole nitrogens is 1. The van der Waals surface area contributed by atoms with E-state index in [0.29, 0.717) is 35.5 Å². The maximum absolute atomic E-state index is 14.0. The third kappa shape index (κ3) is 5.80. The van der Waals surface area contributed by atoms with Crippen LogP contribution in [-0.2, 0) is 6.54 Å². The number of nitrogens with zero attached hydrogens (tertiary/aromatic N) is 5. The molecular formula is C32H42N8O. The van der Waals surface area contributed by atoms with E-state index in [0.717, 1.165) is 55.1 Å². The lowest BCUT2D eigenvalue weighted by Crippen LogP contribution is -2.29. The van der Waals surface area contributed by atoms with E-state index in [1.807, 2.05) is 26.4 Å². The highest BCUT2D eigenvalue weighted by atomic mass is 16.1. The van der Waals surface area contributed by atoms with Gasteiger partial charge in [0, 0.05) is 49.6 Å². The standard InChI is InChI=1S/C32H42N8O/c1-21-28(23-6-5-12-33-17-23)19-34-29(21)27-16-25-18-35-32(37-30(25)40(31(27)41)15-14-38(2)3)36-26-9-7-22(8-10-26)24-11-13-39(4)20-24/h7-10,16,18-19,23-24,33-34H,5-6,11-15,17,20H2,1-4H3,(H,35,36,37). The predicted octanol–water partition coefficient (Wildman–Crippen LogP) is 4.29. The van der Waals surface area contributed by atoms with Crippen LogP contribution in [-0.4, -0.2) is 83.2 Å². The van der Waals surface area contributed by atoms with E-state index < -0.39 is 0 Å². The normalized spacial score (nSPS) is 19.8. The molecule has 9 heteroatoms. The molecule has 0 aliphatic carbocycles. The van der Waals surface area contributed by atoms with Gasteiger partial charge in [0.2, 0.25) is 5.95 Å². The quantitative estimate of drug-likeness (QED) is 0.299. The van der Waals surface area contributed by atoms with Crippen LogP contribution >= 0.6 is 0 Å². The number of nitrogens with one attached hydrogen (secondary N) is 3. The molecule has 0 saturated carbocycles. The van der Waals surface area contributed by atoms with Crippen LogP contribution in [0.1, 0.15) is 47.8 Å². The molecule has 2 saturated heterocycles. The number of anilines is 2. The van der Waals surface area contributed by atoms with Gasteiger partial charge in [-0.2, -0.15) is 4.98 Å². The van der Waals surface area contributed by atoms with Gasteiger partial charge in [-0.3, -0.25) is 9.36 Å². The van der Waals surface area contributed by atoms with Crippen molar-refractivity contribution >= 4 is 22.7 Å². The molecule has 216 valence electrons. The van der Waals surface area contributed by atoms with Gasteiger partial charge in [-0.05, 0) is 107 Å². The summed E-state index contributed by atoms with van der Waals surface area (Å²) < 4.78 is 1.80. The SMILES string of the molecule is Cc1c(C2CCCNC2)c[nH]c1-c1cc2cnc(Nc3ccc(C4CCN(C)C4)cc3)nc2n(CCN(C)C)c1=O. The van der Waals surface area contributed by atoms with Crippen LogP contribution < -0.4 is 16.2 Å². The molecule has 3 N–H and O–H groups in total. The summed E-state index contributed by atoms with van der Waals surface area (Å²) in [4.78, 5) is 31.4. The average Bonchev–Trinajstić information content (AvgIpc) is 3.58. The van der Waals surface area contributed by atoms with Crippen molar-refractivity contribution in [1.82, 2.24) is 34.6 Å². The highest BCUT2D eigenvalue weighted by Gasteiger charge is 2.23. The van der Waals surface area contributed by atoms with Crippen molar-refractivity contribution in [3.05, 3.63) is 69.8 Å². The van der Waals surface area contributed by atoms with Gasteiger partial charge in [-0.25, -0.2) is 4.98 Å². The summed E-state index contributed by atoms with van der Waals surface area (Å²) in [6, 6.07) is 10.5. The van der Waals surface area contributed by atoms with Gasteiger partial charge in [0.15, 0.2) is 0 Å². The van der Waals surface area contributed by atoms with E-state index in [-0.39, 0.29) is 5.56 Å². The molecule has 4 aromatic rings. The molecule has 2 unspecified atom stereocenters. The molecule has 6 rings (SSSR count). The van der Waals surface area contributed by atoms with Crippen molar-refractivity contribution in [3.63, 3.8) is 0 Å². The monoisotopic (exact) mass is 554 g/mol. The van der Waals surface area contributed by atoms with Crippen molar-refractivity contribution in [2.75, 3.05) is 59.2 Å². The second kappa shape index (κ2) is 11.8. The van der Waals surface area contributed by atoms with Crippen molar-refractivity contribution in [1.29, 1.82) is 0 Å². The summed E-state index contributed by atoms with van der Waals surface area (Å²) in [7, 11) is 6.22. The number of rotatable bonds is 8. The molecule has 41 heavy (non-hydrogen) atoms. The van der Waals surface area contributed by atoms with Gasteiger partial charge in [-0.15, -0.1) is 0 Å². The van der Waals surface area contributed by atoms with Gasteiger partial charge in [0.25, 0.3) is 5.56 Å². The number of aromatic nitrogens is 4. The molecule has 0 spiro atoms. The van der Waals surface area contributed by atoms with Crippen molar-refractivity contribution in [2.45, 2.75) is 44.6 Å². The molecule has 2 fully saturated rings. The van der Waals surface area contributed by atoms with Crippen LogP contribution in [0.5, 0.6) is 0 Å². The maximum Gasteiger partial charge on any atom is 0.261 e. The highest BCUT2D eigenvalue weighted by Crippen LogP contribution is 2.32. The minimum absolute atomic E-state index is 0.0341. The Morgan fingerprint density at radius 1 is 1.15 bits per heavy atom. The lowest BCUT2D eigenvalue weighted by Gasteiger charge is -2.23. The first-order valence-electron chi connectivity index (χ1n) is 14.9. The minimum Gasteiger partial charge on any atom is -0.361 e. The smallest absolute Gasteiger partial charge is 0.261 e. The number of likely N-dealkylation sites (N-methyl/N-ethyl adjacent to an activating group) is 2. The molecule has 0 amide bonds. The average molecular weight is 555 g/mol. The molecule has 2 aliphatic rings. The van der Waals surface area contributed by atoms with E-state index in [1.165, 1.54) is 30.4 Å². The molecular weight excluding hydrogens is 512 g/mol. The highest BCUT2D eigenvalue weighted by molar-refractivity contribution is 5.82. The van der Waals surface area contributed by atoms with Crippen molar-refractivity contribution < 1.29 is 0 Å². The molecule has 1 aromatic carbocycles. The third-order valence-corrected chi connectivity index (χ3v) is 8.81. The van der Waals surface area contributed by atoms with Gasteiger partial charge in [-0.1, -0.05) is 12.1 Å². The Hall–Kier alpha value is -3.53. The summed E-state index contributed by atoms with van der Waals surface area (Å²) in [6.45, 7) is 7.71. The molecule has 9 nitrogen and oxygen atoms in total. The number of benzene rings is 1. The maximum atomic E-state index is 14.0. The zero-order valence-electron chi connectivity index (χ0n) is 24.7. The van der Waals surface area contributed by atoms with Crippen LogP contribution in [0.4, 0.5) is 11.6 Å². The fraction of sp³-hybridized carbons (Fsp3) is 0.469. The second-order valence-corrected chi connectivity index (χ2v) is 12.1. The second-order valence-electron chi connectivity index (χ2n) is 12.1. The molecule has 2 atom stereocenters. The first kappa shape index (κ1) is 27.6. The fourth-order valence-electron chi connectivity index (χ4n) is 6.41. The zero-order chi connectivity index (χ0) is 28.5. The fourth-order valence-corrected chi connectivity index (χ4v) is 6.41. The Kier molecular flexibility index (Phi) is 7.92. The lowest BCUT2D eigenvalue weighted by atomic mass is 9.90. The number of hydrogen-bond donors (Lipinski definition) is 3. The summed E-state index contributed by atoms with van der Waals surface area (Å²) in [5.41, 5.74) is 6.93. The van der Waals surface area contributed by atoms with E-state index in [4.69, 9.17) is 4.98 Å². The molecule has 2 aliphatic heterocycles. The lowest BCUT2D eigenvalue weighted by molar-refractivity contribution is 0.384. The van der Waals surface area contributed by atoms with Gasteiger partial charge in [0.1, 0.15) is 5.65 Å². The summed E-state index contributed by atoms with van der Waals surface area (Å²) in [5, 5.41) is 7.72. The van der Waals surface area contributed by atoms with E-state index in [1.54, 1.807) is 4.57 Å². The number of aromatic amines is 1. The Labute approximate surface area is 242 Å². The van der Waals surface area contributed by atoms with Crippen LogP contribution in [0.3, 0.4) is 0 Å². The largest absolute Gasteiger partial charge is 0.361 e. The summed E-state index contributed by atoms with van der Waals surface area (Å²) in [6.07, 6.45) is 7.46. The predicted molar refractivity (Wildman–Crippen MR) is 166 cm³/mol.